The number of carbonyl (C=O) groups is 1. The number of rotatable bonds is 5. The van der Waals surface area contributed by atoms with Crippen molar-refractivity contribution in [3.63, 3.8) is 0 Å². The molecule has 2 aliphatic carbocycles. The fourth-order valence-electron chi connectivity index (χ4n) is 2.68. The number of aryl methyl sites for hydroxylation is 1. The lowest BCUT2D eigenvalue weighted by atomic mass is 10.0. The number of fused-ring (bicyclic) bond motifs is 1. The Kier molecular flexibility index (Phi) is 5.00. The summed E-state index contributed by atoms with van der Waals surface area (Å²) in [5.74, 6) is 0.224. The van der Waals surface area contributed by atoms with Gasteiger partial charge in [-0.3, -0.25) is 0 Å². The number of ether oxygens (including phenoxy) is 1. The maximum atomic E-state index is 12.0. The highest BCUT2D eigenvalue weighted by atomic mass is 16.5. The van der Waals surface area contributed by atoms with Gasteiger partial charge in [-0.25, -0.2) is 4.79 Å². The summed E-state index contributed by atoms with van der Waals surface area (Å²) in [6, 6.07) is 10.5. The van der Waals surface area contributed by atoms with Crippen molar-refractivity contribution in [1.82, 2.24) is 0 Å². The Morgan fingerprint density at radius 2 is 1.81 bits per heavy atom. The molecule has 0 spiro atoms. The van der Waals surface area contributed by atoms with Crippen LogP contribution < -0.4 is 0 Å². The molecule has 0 radical (unpaired) electrons. The smallest absolute Gasteiger partial charge is 0.338 e. The first-order valence-corrected chi connectivity index (χ1v) is 7.72. The zero-order chi connectivity index (χ0) is 15.4. The Morgan fingerprint density at radius 3 is 2.38 bits per heavy atom. The molecular weight excluding hydrogens is 260 g/mol. The minimum atomic E-state index is -0.250. The highest BCUT2D eigenvalue weighted by Crippen LogP contribution is 2.34. The Labute approximate surface area is 127 Å². The lowest BCUT2D eigenvalue weighted by Gasteiger charge is -2.01. The molecule has 0 amide bonds. The van der Waals surface area contributed by atoms with Crippen LogP contribution in [0.5, 0.6) is 0 Å². The van der Waals surface area contributed by atoms with Crippen molar-refractivity contribution in [2.45, 2.75) is 46.0 Å². The average molecular weight is 284 g/mol. The molecule has 0 saturated heterocycles. The predicted molar refractivity (Wildman–Crippen MR) is 87.1 cm³/mol. The van der Waals surface area contributed by atoms with Crippen LogP contribution in [0.1, 0.15) is 61.0 Å². The maximum absolute atomic E-state index is 12.0. The molecule has 0 heterocycles. The second-order valence-electron chi connectivity index (χ2n) is 5.83. The summed E-state index contributed by atoms with van der Waals surface area (Å²) in [5, 5.41) is 0. The van der Waals surface area contributed by atoms with E-state index in [0.717, 1.165) is 24.8 Å². The van der Waals surface area contributed by atoms with Crippen LogP contribution in [0.2, 0.25) is 0 Å². The van der Waals surface area contributed by atoms with Gasteiger partial charge in [0, 0.05) is 0 Å². The SMILES string of the molecule is CCCCc1cc(C(=O)OC)c2ccc(C(C)C)ccc1-2. The molecule has 2 aliphatic rings. The summed E-state index contributed by atoms with van der Waals surface area (Å²) in [4.78, 5) is 12.0. The molecule has 112 valence electrons. The number of hydrogen-bond donors (Lipinski definition) is 0. The van der Waals surface area contributed by atoms with Crippen LogP contribution >= 0.6 is 0 Å². The molecule has 0 atom stereocenters. The van der Waals surface area contributed by atoms with Crippen LogP contribution in [-0.2, 0) is 11.2 Å². The minimum absolute atomic E-state index is 0.250. The van der Waals surface area contributed by atoms with Crippen molar-refractivity contribution >= 4 is 5.97 Å². The molecule has 0 saturated carbocycles. The Hall–Kier alpha value is -1.83. The van der Waals surface area contributed by atoms with E-state index in [1.165, 1.54) is 23.8 Å². The molecular formula is C19H24O2. The quantitative estimate of drug-likeness (QED) is 0.719. The van der Waals surface area contributed by atoms with Gasteiger partial charge in [0.25, 0.3) is 0 Å². The van der Waals surface area contributed by atoms with Crippen LogP contribution in [0.15, 0.2) is 30.3 Å². The van der Waals surface area contributed by atoms with Gasteiger partial charge in [-0.1, -0.05) is 51.5 Å². The largest absolute Gasteiger partial charge is 0.465 e. The standard InChI is InChI=1S/C19H24O2/c1-5-6-7-15-12-18(19(20)21-4)17-11-9-14(13(2)3)8-10-16(15)17/h8-13H,5-7H2,1-4H3. The van der Waals surface area contributed by atoms with Gasteiger partial charge in [-0.05, 0) is 47.1 Å². The summed E-state index contributed by atoms with van der Waals surface area (Å²) in [6.45, 7) is 6.54. The van der Waals surface area contributed by atoms with Gasteiger partial charge in [-0.2, -0.15) is 0 Å². The van der Waals surface area contributed by atoms with Crippen LogP contribution in [0.4, 0.5) is 0 Å². The van der Waals surface area contributed by atoms with Crippen molar-refractivity contribution in [3.8, 4) is 11.1 Å². The highest BCUT2D eigenvalue weighted by molar-refractivity contribution is 6.00. The van der Waals surface area contributed by atoms with E-state index in [2.05, 4.69) is 45.0 Å². The van der Waals surface area contributed by atoms with Crippen molar-refractivity contribution < 1.29 is 9.53 Å². The predicted octanol–water partition coefficient (Wildman–Crippen LogP) is 5.04. The summed E-state index contributed by atoms with van der Waals surface area (Å²) in [7, 11) is 1.44. The fourth-order valence-corrected chi connectivity index (χ4v) is 2.68. The number of unbranched alkanes of at least 4 members (excludes halogenated alkanes) is 1. The molecule has 0 bridgehead atoms. The second kappa shape index (κ2) is 6.75. The van der Waals surface area contributed by atoms with Gasteiger partial charge in [0.05, 0.1) is 12.7 Å². The van der Waals surface area contributed by atoms with E-state index in [1.54, 1.807) is 0 Å². The van der Waals surface area contributed by atoms with Crippen molar-refractivity contribution in [3.05, 3.63) is 47.0 Å². The van der Waals surface area contributed by atoms with Gasteiger partial charge < -0.3 is 4.74 Å². The first-order valence-electron chi connectivity index (χ1n) is 7.72. The van der Waals surface area contributed by atoms with E-state index in [0.29, 0.717) is 11.5 Å². The molecule has 2 heteroatoms. The topological polar surface area (TPSA) is 26.3 Å². The van der Waals surface area contributed by atoms with Crippen LogP contribution in [0.25, 0.3) is 11.1 Å². The number of carbonyl (C=O) groups excluding carboxylic acids is 1. The summed E-state index contributed by atoms with van der Waals surface area (Å²) < 4.78 is 4.93. The molecule has 0 fully saturated rings. The van der Waals surface area contributed by atoms with Crippen LogP contribution in [-0.4, -0.2) is 13.1 Å². The van der Waals surface area contributed by atoms with Gasteiger partial charge >= 0.3 is 5.97 Å². The monoisotopic (exact) mass is 284 g/mol. The van der Waals surface area contributed by atoms with E-state index in [4.69, 9.17) is 4.74 Å². The lowest BCUT2D eigenvalue weighted by molar-refractivity contribution is 0.0602. The summed E-state index contributed by atoms with van der Waals surface area (Å²) >= 11 is 0. The van der Waals surface area contributed by atoms with Gasteiger partial charge in [-0.15, -0.1) is 0 Å². The van der Waals surface area contributed by atoms with E-state index >= 15 is 0 Å². The summed E-state index contributed by atoms with van der Waals surface area (Å²) in [5.41, 5.74) is 5.39. The summed E-state index contributed by atoms with van der Waals surface area (Å²) in [6.07, 6.45) is 3.29. The molecule has 2 nitrogen and oxygen atoms in total. The molecule has 0 aromatic rings. The normalized spacial score (nSPS) is 11.1. The van der Waals surface area contributed by atoms with Crippen molar-refractivity contribution in [1.29, 1.82) is 0 Å². The van der Waals surface area contributed by atoms with Crippen molar-refractivity contribution in [2.75, 3.05) is 7.11 Å². The Morgan fingerprint density at radius 1 is 1.14 bits per heavy atom. The third kappa shape index (κ3) is 3.26. The van der Waals surface area contributed by atoms with E-state index < -0.39 is 0 Å². The zero-order valence-corrected chi connectivity index (χ0v) is 13.4. The lowest BCUT2D eigenvalue weighted by Crippen LogP contribution is -2.00. The number of hydrogen-bond acceptors (Lipinski definition) is 2. The third-order valence-corrected chi connectivity index (χ3v) is 4.00. The first-order chi connectivity index (χ1) is 10.1. The minimum Gasteiger partial charge on any atom is -0.465 e. The van der Waals surface area contributed by atoms with Gasteiger partial charge in [0.2, 0.25) is 0 Å². The molecule has 0 N–H and O–H groups in total. The first kappa shape index (κ1) is 15.6. The average Bonchev–Trinajstić information content (AvgIpc) is 2.67. The third-order valence-electron chi connectivity index (χ3n) is 4.00. The van der Waals surface area contributed by atoms with Gasteiger partial charge in [0.15, 0.2) is 0 Å². The fraction of sp³-hybridized carbons (Fsp3) is 0.421. The molecule has 2 rings (SSSR count). The molecule has 21 heavy (non-hydrogen) atoms. The van der Waals surface area contributed by atoms with Crippen LogP contribution in [0.3, 0.4) is 0 Å². The molecule has 0 aromatic heterocycles. The van der Waals surface area contributed by atoms with E-state index in [9.17, 15) is 4.79 Å². The number of methoxy groups -OCH3 is 1. The Balaban J connectivity index is 2.56. The van der Waals surface area contributed by atoms with E-state index in [1.807, 2.05) is 6.07 Å². The number of esters is 1. The Bertz CT molecular complexity index is 599. The van der Waals surface area contributed by atoms with Gasteiger partial charge in [0.1, 0.15) is 0 Å². The zero-order valence-electron chi connectivity index (χ0n) is 13.4. The molecule has 0 aromatic carbocycles. The molecule has 0 unspecified atom stereocenters. The van der Waals surface area contributed by atoms with E-state index in [-0.39, 0.29) is 5.97 Å². The molecule has 0 aliphatic heterocycles. The highest BCUT2D eigenvalue weighted by Gasteiger charge is 2.20. The van der Waals surface area contributed by atoms with Crippen LogP contribution in [0, 0.1) is 0 Å². The maximum Gasteiger partial charge on any atom is 0.338 e. The second-order valence-corrected chi connectivity index (χ2v) is 5.83. The van der Waals surface area contributed by atoms with Crippen molar-refractivity contribution in [2.24, 2.45) is 0 Å².